The summed E-state index contributed by atoms with van der Waals surface area (Å²) < 4.78 is 26.6. The van der Waals surface area contributed by atoms with Crippen LogP contribution in [0.5, 0.6) is 0 Å². The van der Waals surface area contributed by atoms with Gasteiger partial charge in [0.15, 0.2) is 0 Å². The number of benzene rings is 1. The third-order valence-corrected chi connectivity index (χ3v) is 6.72. The van der Waals surface area contributed by atoms with E-state index in [1.54, 1.807) is 31.3 Å². The molecule has 6 nitrogen and oxygen atoms in total. The molecule has 1 aromatic heterocycles. The maximum absolute atomic E-state index is 12.4. The highest BCUT2D eigenvalue weighted by molar-refractivity contribution is 7.94. The second-order valence-corrected chi connectivity index (χ2v) is 8.99. The van der Waals surface area contributed by atoms with Crippen LogP contribution in [-0.2, 0) is 10.0 Å². The number of rotatable bonds is 5. The zero-order valence-electron chi connectivity index (χ0n) is 13.1. The third-order valence-electron chi connectivity index (χ3n) is 4.02. The normalized spacial score (nSPS) is 15.8. The van der Waals surface area contributed by atoms with Crippen LogP contribution < -0.4 is 10.0 Å². The number of hydrogen-bond acceptors (Lipinski definition) is 5. The van der Waals surface area contributed by atoms with Gasteiger partial charge < -0.3 is 5.32 Å². The average molecular weight is 387 g/mol. The molecule has 128 valence electrons. The summed E-state index contributed by atoms with van der Waals surface area (Å²) in [6.45, 7) is 3.56. The van der Waals surface area contributed by atoms with E-state index in [2.05, 4.69) is 20.0 Å². The molecule has 1 fully saturated rings. The lowest BCUT2D eigenvalue weighted by Gasteiger charge is -2.16. The van der Waals surface area contributed by atoms with Crippen LogP contribution in [0.25, 0.3) is 0 Å². The molecule has 0 unspecified atom stereocenters. The fraction of sp³-hybridized carbons (Fsp3) is 0.333. The maximum atomic E-state index is 12.4. The van der Waals surface area contributed by atoms with E-state index in [4.69, 9.17) is 23.2 Å². The van der Waals surface area contributed by atoms with E-state index in [1.807, 2.05) is 6.92 Å². The van der Waals surface area contributed by atoms with Crippen LogP contribution in [0.15, 0.2) is 24.4 Å². The number of halogens is 2. The van der Waals surface area contributed by atoms with Crippen LogP contribution in [0.1, 0.15) is 25.3 Å². The highest BCUT2D eigenvalue weighted by Crippen LogP contribution is 2.44. The quantitative estimate of drug-likeness (QED) is 0.754. The second-order valence-electron chi connectivity index (χ2n) is 6.05. The molecule has 2 aromatic rings. The van der Waals surface area contributed by atoms with Crippen LogP contribution in [-0.4, -0.2) is 23.1 Å². The molecule has 0 spiro atoms. The fourth-order valence-electron chi connectivity index (χ4n) is 2.08. The Bertz CT molecular complexity index is 898. The molecule has 0 radical (unpaired) electrons. The van der Waals surface area contributed by atoms with Gasteiger partial charge in [0.1, 0.15) is 5.82 Å². The van der Waals surface area contributed by atoms with Crippen molar-refractivity contribution in [2.45, 2.75) is 31.4 Å². The van der Waals surface area contributed by atoms with Crippen molar-refractivity contribution in [2.24, 2.45) is 0 Å². The van der Waals surface area contributed by atoms with Crippen molar-refractivity contribution in [3.8, 4) is 0 Å². The van der Waals surface area contributed by atoms with Gasteiger partial charge in [0, 0.05) is 17.4 Å². The first-order valence-electron chi connectivity index (χ1n) is 7.28. The number of aromatic nitrogens is 2. The van der Waals surface area contributed by atoms with Gasteiger partial charge in [-0.15, -0.1) is 0 Å². The standard InChI is InChI=1S/C15H16Cl2N4O2S/c1-9-8-18-14(17)20-13(9)19-10-3-4-11(16)12(7-10)21-24(22,23)15(2)5-6-15/h3-4,7-8,21H,5-6H2,1-2H3,(H,18,19,20). The summed E-state index contributed by atoms with van der Waals surface area (Å²) in [5.41, 5.74) is 1.77. The Morgan fingerprint density at radius 2 is 1.96 bits per heavy atom. The third kappa shape index (κ3) is 3.43. The Morgan fingerprint density at radius 1 is 1.25 bits per heavy atom. The lowest BCUT2D eigenvalue weighted by atomic mass is 10.2. The van der Waals surface area contributed by atoms with E-state index in [9.17, 15) is 8.42 Å². The van der Waals surface area contributed by atoms with E-state index in [-0.39, 0.29) is 5.28 Å². The minimum Gasteiger partial charge on any atom is -0.340 e. The van der Waals surface area contributed by atoms with Gasteiger partial charge in [0.25, 0.3) is 0 Å². The van der Waals surface area contributed by atoms with Crippen LogP contribution in [0.2, 0.25) is 10.3 Å². The number of sulfonamides is 1. The largest absolute Gasteiger partial charge is 0.340 e. The van der Waals surface area contributed by atoms with Crippen molar-refractivity contribution < 1.29 is 8.42 Å². The number of nitrogens with zero attached hydrogens (tertiary/aromatic N) is 2. The minimum atomic E-state index is -3.48. The smallest absolute Gasteiger partial charge is 0.238 e. The van der Waals surface area contributed by atoms with Crippen molar-refractivity contribution in [3.05, 3.63) is 40.3 Å². The second kappa shape index (κ2) is 6.06. The van der Waals surface area contributed by atoms with Gasteiger partial charge in [-0.1, -0.05) is 11.6 Å². The molecule has 0 atom stereocenters. The summed E-state index contributed by atoms with van der Waals surface area (Å²) in [6, 6.07) is 4.98. The average Bonchev–Trinajstić information content (AvgIpc) is 3.26. The molecule has 1 aromatic carbocycles. The molecule has 3 rings (SSSR count). The Labute approximate surface area is 150 Å². The molecule has 1 aliphatic carbocycles. The maximum Gasteiger partial charge on any atom is 0.238 e. The van der Waals surface area contributed by atoms with Gasteiger partial charge in [-0.3, -0.25) is 4.72 Å². The molecule has 24 heavy (non-hydrogen) atoms. The highest BCUT2D eigenvalue weighted by Gasteiger charge is 2.50. The van der Waals surface area contributed by atoms with Crippen LogP contribution in [0, 0.1) is 6.92 Å². The van der Waals surface area contributed by atoms with Gasteiger partial charge in [0.05, 0.1) is 15.5 Å². The van der Waals surface area contributed by atoms with Crippen molar-refractivity contribution in [3.63, 3.8) is 0 Å². The first kappa shape index (κ1) is 17.3. The molecular weight excluding hydrogens is 371 g/mol. The van der Waals surface area contributed by atoms with E-state index in [0.29, 0.717) is 35.1 Å². The summed E-state index contributed by atoms with van der Waals surface area (Å²) in [5.74, 6) is 0.542. The molecule has 0 amide bonds. The van der Waals surface area contributed by atoms with E-state index in [1.165, 1.54) is 0 Å². The summed E-state index contributed by atoms with van der Waals surface area (Å²) in [4.78, 5) is 8.01. The van der Waals surface area contributed by atoms with Gasteiger partial charge in [-0.05, 0) is 56.5 Å². The number of nitrogens with one attached hydrogen (secondary N) is 2. The summed E-state index contributed by atoms with van der Waals surface area (Å²) in [5, 5.41) is 3.54. The lowest BCUT2D eigenvalue weighted by molar-refractivity contribution is 0.587. The van der Waals surface area contributed by atoms with Gasteiger partial charge in [-0.25, -0.2) is 18.4 Å². The fourth-order valence-corrected chi connectivity index (χ4v) is 3.78. The monoisotopic (exact) mass is 386 g/mol. The Morgan fingerprint density at radius 3 is 2.62 bits per heavy atom. The SMILES string of the molecule is Cc1cnc(Cl)nc1Nc1ccc(Cl)c(NS(=O)(=O)C2(C)CC2)c1. The first-order valence-corrected chi connectivity index (χ1v) is 9.52. The summed E-state index contributed by atoms with van der Waals surface area (Å²) in [6.07, 6.45) is 2.90. The predicted octanol–water partition coefficient (Wildman–Crippen LogP) is 4.13. The molecule has 1 heterocycles. The van der Waals surface area contributed by atoms with Crippen LogP contribution in [0.4, 0.5) is 17.2 Å². The first-order chi connectivity index (χ1) is 11.2. The molecule has 1 aliphatic rings. The molecule has 0 aliphatic heterocycles. The van der Waals surface area contributed by atoms with Crippen LogP contribution in [0.3, 0.4) is 0 Å². The van der Waals surface area contributed by atoms with E-state index < -0.39 is 14.8 Å². The Balaban J connectivity index is 1.88. The van der Waals surface area contributed by atoms with Gasteiger partial charge in [0.2, 0.25) is 15.3 Å². The number of hydrogen-bond donors (Lipinski definition) is 2. The molecule has 2 N–H and O–H groups in total. The molecule has 1 saturated carbocycles. The topological polar surface area (TPSA) is 84.0 Å². The van der Waals surface area contributed by atoms with Crippen molar-refractivity contribution in [1.82, 2.24) is 9.97 Å². The molecule has 0 bridgehead atoms. The van der Waals surface area contributed by atoms with Gasteiger partial charge in [-0.2, -0.15) is 0 Å². The van der Waals surface area contributed by atoms with Crippen molar-refractivity contribution in [1.29, 1.82) is 0 Å². The number of aryl methyl sites for hydroxylation is 1. The zero-order chi connectivity index (χ0) is 17.5. The Kier molecular flexibility index (Phi) is 4.36. The molecular formula is C15H16Cl2N4O2S. The minimum absolute atomic E-state index is 0.125. The zero-order valence-corrected chi connectivity index (χ0v) is 15.4. The Hall–Kier alpha value is -1.57. The van der Waals surface area contributed by atoms with Crippen molar-refractivity contribution >= 4 is 50.4 Å². The predicted molar refractivity (Wildman–Crippen MR) is 96.7 cm³/mol. The number of anilines is 3. The lowest BCUT2D eigenvalue weighted by Crippen LogP contribution is -2.26. The highest BCUT2D eigenvalue weighted by atomic mass is 35.5. The summed E-state index contributed by atoms with van der Waals surface area (Å²) in [7, 11) is -3.48. The van der Waals surface area contributed by atoms with E-state index >= 15 is 0 Å². The van der Waals surface area contributed by atoms with Crippen molar-refractivity contribution in [2.75, 3.05) is 10.0 Å². The molecule has 0 saturated heterocycles. The summed E-state index contributed by atoms with van der Waals surface area (Å²) >= 11 is 11.9. The van der Waals surface area contributed by atoms with Crippen LogP contribution >= 0.6 is 23.2 Å². The molecule has 9 heteroatoms. The van der Waals surface area contributed by atoms with E-state index in [0.717, 1.165) is 5.56 Å². The van der Waals surface area contributed by atoms with Gasteiger partial charge >= 0.3 is 0 Å².